The van der Waals surface area contributed by atoms with Gasteiger partial charge in [0.1, 0.15) is 0 Å². The number of nitrogens with zero attached hydrogens (tertiary/aromatic N) is 3. The quantitative estimate of drug-likeness (QED) is 0.800. The van der Waals surface area contributed by atoms with Gasteiger partial charge in [-0.05, 0) is 18.3 Å². The monoisotopic (exact) mass is 237 g/mol. The van der Waals surface area contributed by atoms with Crippen molar-refractivity contribution < 1.29 is 0 Å². The number of hydrogen-bond donors (Lipinski definition) is 0. The maximum absolute atomic E-state index is 4.37. The van der Waals surface area contributed by atoms with E-state index in [1.165, 1.54) is 0 Å². The Morgan fingerprint density at radius 3 is 2.00 bits per heavy atom. The molecule has 1 aromatic rings. The van der Waals surface area contributed by atoms with Gasteiger partial charge in [0.15, 0.2) is 0 Å². The normalized spacial score (nSPS) is 15.4. The Bertz CT molecular complexity index is 369. The largest absolute Gasteiger partial charge is 0.249 e. The van der Waals surface area contributed by atoms with Crippen molar-refractivity contribution in [3.05, 3.63) is 11.9 Å². The molecule has 0 bridgehead atoms. The lowest BCUT2D eigenvalue weighted by Crippen LogP contribution is -2.34. The van der Waals surface area contributed by atoms with Gasteiger partial charge in [-0.15, -0.1) is 5.10 Å². The lowest BCUT2D eigenvalue weighted by atomic mass is 9.67. The predicted octanol–water partition coefficient (Wildman–Crippen LogP) is 3.82. The molecule has 0 fully saturated rings. The molecule has 0 aromatic carbocycles. The zero-order valence-electron chi connectivity index (χ0n) is 12.6. The van der Waals surface area contributed by atoms with Crippen LogP contribution in [0.4, 0.5) is 0 Å². The van der Waals surface area contributed by atoms with Crippen molar-refractivity contribution in [3.63, 3.8) is 0 Å². The molecule has 3 nitrogen and oxygen atoms in total. The van der Waals surface area contributed by atoms with Crippen LogP contribution >= 0.6 is 0 Å². The van der Waals surface area contributed by atoms with Crippen LogP contribution in [0.5, 0.6) is 0 Å². The summed E-state index contributed by atoms with van der Waals surface area (Å²) in [5.41, 5.74) is 1.29. The maximum Gasteiger partial charge on any atom is 0.0888 e. The average molecular weight is 237 g/mol. The van der Waals surface area contributed by atoms with Crippen LogP contribution in [0, 0.1) is 11.3 Å². The highest BCUT2D eigenvalue weighted by atomic mass is 15.4. The molecule has 0 amide bonds. The van der Waals surface area contributed by atoms with Crippen LogP contribution in [-0.4, -0.2) is 15.0 Å². The molecule has 0 saturated carbocycles. The summed E-state index contributed by atoms with van der Waals surface area (Å²) < 4.78 is 1.99. The van der Waals surface area contributed by atoms with Crippen LogP contribution in [0.15, 0.2) is 6.20 Å². The minimum absolute atomic E-state index is 0.0297. The van der Waals surface area contributed by atoms with Crippen LogP contribution in [0.2, 0.25) is 0 Å². The van der Waals surface area contributed by atoms with E-state index in [4.69, 9.17) is 0 Å². The fourth-order valence-corrected chi connectivity index (χ4v) is 1.45. The van der Waals surface area contributed by atoms with E-state index in [1.807, 2.05) is 4.68 Å². The van der Waals surface area contributed by atoms with Crippen LogP contribution in [0.1, 0.15) is 67.1 Å². The Morgan fingerprint density at radius 2 is 1.59 bits per heavy atom. The molecule has 1 unspecified atom stereocenters. The number of hydrogen-bond acceptors (Lipinski definition) is 2. The van der Waals surface area contributed by atoms with E-state index in [2.05, 4.69) is 71.9 Å². The lowest BCUT2D eigenvalue weighted by molar-refractivity contribution is 0.219. The van der Waals surface area contributed by atoms with E-state index in [9.17, 15) is 0 Å². The summed E-state index contributed by atoms with van der Waals surface area (Å²) in [5, 5.41) is 8.65. The molecule has 0 aliphatic carbocycles. The van der Waals surface area contributed by atoms with Gasteiger partial charge in [-0.1, -0.05) is 53.7 Å². The Labute approximate surface area is 106 Å². The zero-order valence-corrected chi connectivity index (χ0v) is 12.6. The average Bonchev–Trinajstić information content (AvgIpc) is 2.63. The van der Waals surface area contributed by atoms with Crippen LogP contribution in [0.25, 0.3) is 0 Å². The number of rotatable bonds is 3. The van der Waals surface area contributed by atoms with Gasteiger partial charge < -0.3 is 0 Å². The van der Waals surface area contributed by atoms with Crippen molar-refractivity contribution in [2.75, 3.05) is 0 Å². The fourth-order valence-electron chi connectivity index (χ4n) is 1.45. The molecule has 1 rings (SSSR count). The molecule has 0 spiro atoms. The third kappa shape index (κ3) is 2.70. The highest BCUT2D eigenvalue weighted by Gasteiger charge is 2.37. The summed E-state index contributed by atoms with van der Waals surface area (Å²) in [6, 6.07) is 0.395. The van der Waals surface area contributed by atoms with E-state index < -0.39 is 0 Å². The Hall–Kier alpha value is -0.860. The first-order valence-corrected chi connectivity index (χ1v) is 6.49. The van der Waals surface area contributed by atoms with Crippen molar-refractivity contribution in [1.29, 1.82) is 0 Å². The summed E-state index contributed by atoms with van der Waals surface area (Å²) in [7, 11) is 0. The molecular weight excluding hydrogens is 210 g/mol. The number of aromatic nitrogens is 3. The Balaban J connectivity index is 3.04. The van der Waals surface area contributed by atoms with Gasteiger partial charge in [-0.3, -0.25) is 0 Å². The summed E-state index contributed by atoms with van der Waals surface area (Å²) in [6.07, 6.45) is 2.11. The third-order valence-electron chi connectivity index (χ3n) is 4.41. The SMILES string of the molecule is CC(C)C(C)n1cc(C(C)(C)C(C)(C)C)nn1. The molecular formula is C14H27N3. The van der Waals surface area contributed by atoms with E-state index >= 15 is 0 Å². The van der Waals surface area contributed by atoms with Crippen LogP contribution in [0.3, 0.4) is 0 Å². The van der Waals surface area contributed by atoms with Crippen molar-refractivity contribution in [1.82, 2.24) is 15.0 Å². The van der Waals surface area contributed by atoms with Gasteiger partial charge in [0.2, 0.25) is 0 Å². The van der Waals surface area contributed by atoms with Crippen LogP contribution < -0.4 is 0 Å². The Kier molecular flexibility index (Phi) is 3.70. The van der Waals surface area contributed by atoms with Crippen LogP contribution in [-0.2, 0) is 5.41 Å². The molecule has 1 atom stereocenters. The summed E-state index contributed by atoms with van der Waals surface area (Å²) >= 11 is 0. The van der Waals surface area contributed by atoms with Gasteiger partial charge in [0, 0.05) is 11.6 Å². The second kappa shape index (κ2) is 4.43. The highest BCUT2D eigenvalue weighted by molar-refractivity contribution is 5.13. The molecule has 98 valence electrons. The summed E-state index contributed by atoms with van der Waals surface area (Å²) in [4.78, 5) is 0. The van der Waals surface area contributed by atoms with Crippen molar-refractivity contribution in [2.24, 2.45) is 11.3 Å². The molecule has 0 saturated heterocycles. The van der Waals surface area contributed by atoms with Gasteiger partial charge in [-0.25, -0.2) is 4.68 Å². The smallest absolute Gasteiger partial charge is 0.0888 e. The van der Waals surface area contributed by atoms with E-state index in [-0.39, 0.29) is 10.8 Å². The first kappa shape index (κ1) is 14.2. The molecule has 0 N–H and O–H groups in total. The molecule has 17 heavy (non-hydrogen) atoms. The van der Waals surface area contributed by atoms with E-state index in [0.29, 0.717) is 12.0 Å². The minimum Gasteiger partial charge on any atom is -0.249 e. The Morgan fingerprint density at radius 1 is 1.06 bits per heavy atom. The highest BCUT2D eigenvalue weighted by Crippen LogP contribution is 2.39. The predicted molar refractivity (Wildman–Crippen MR) is 72.1 cm³/mol. The van der Waals surface area contributed by atoms with Crippen molar-refractivity contribution in [2.45, 2.75) is 66.8 Å². The van der Waals surface area contributed by atoms with Gasteiger partial charge in [-0.2, -0.15) is 0 Å². The van der Waals surface area contributed by atoms with E-state index in [0.717, 1.165) is 5.69 Å². The second-order valence-corrected chi connectivity index (χ2v) is 6.94. The van der Waals surface area contributed by atoms with E-state index in [1.54, 1.807) is 0 Å². The lowest BCUT2D eigenvalue weighted by Gasteiger charge is -2.37. The first-order chi connectivity index (χ1) is 7.57. The molecule has 0 radical (unpaired) electrons. The van der Waals surface area contributed by atoms with Gasteiger partial charge >= 0.3 is 0 Å². The van der Waals surface area contributed by atoms with Gasteiger partial charge in [0.25, 0.3) is 0 Å². The zero-order chi connectivity index (χ0) is 13.4. The topological polar surface area (TPSA) is 30.7 Å². The molecule has 1 heterocycles. The summed E-state index contributed by atoms with van der Waals surface area (Å²) in [6.45, 7) is 17.8. The second-order valence-electron chi connectivity index (χ2n) is 6.94. The van der Waals surface area contributed by atoms with Crippen molar-refractivity contribution in [3.8, 4) is 0 Å². The van der Waals surface area contributed by atoms with Crippen molar-refractivity contribution >= 4 is 0 Å². The maximum atomic E-state index is 4.37. The van der Waals surface area contributed by atoms with Gasteiger partial charge in [0.05, 0.1) is 11.7 Å². The third-order valence-corrected chi connectivity index (χ3v) is 4.41. The fraction of sp³-hybridized carbons (Fsp3) is 0.857. The first-order valence-electron chi connectivity index (χ1n) is 6.49. The minimum atomic E-state index is 0.0297. The molecule has 1 aromatic heterocycles. The molecule has 0 aliphatic heterocycles. The standard InChI is InChI=1S/C14H27N3/c1-10(2)11(3)17-9-12(15-16-17)14(7,8)13(4,5)6/h9-11H,1-8H3. The summed E-state index contributed by atoms with van der Waals surface area (Å²) in [5.74, 6) is 0.572. The molecule has 3 heteroatoms. The molecule has 0 aliphatic rings.